The zero-order valence-electron chi connectivity index (χ0n) is 8.69. The molecule has 0 radical (unpaired) electrons. The number of hydrogen-bond acceptors (Lipinski definition) is 3. The van der Waals surface area contributed by atoms with E-state index >= 15 is 0 Å². The minimum Gasteiger partial charge on any atom is -0.508 e. The van der Waals surface area contributed by atoms with Gasteiger partial charge in [0.15, 0.2) is 0 Å². The summed E-state index contributed by atoms with van der Waals surface area (Å²) in [6.45, 7) is 0. The first-order valence-electron chi connectivity index (χ1n) is 5.12. The van der Waals surface area contributed by atoms with Crippen LogP contribution in [-0.4, -0.2) is 18.2 Å². The van der Waals surface area contributed by atoms with Crippen molar-refractivity contribution in [2.24, 2.45) is 0 Å². The van der Waals surface area contributed by atoms with Crippen molar-refractivity contribution in [2.75, 3.05) is 7.11 Å². The number of fused-ring (bicyclic) bond motifs is 1. The summed E-state index contributed by atoms with van der Waals surface area (Å²) in [5, 5.41) is 9.41. The van der Waals surface area contributed by atoms with Crippen LogP contribution in [0.5, 0.6) is 5.75 Å². The Balaban J connectivity index is 2.40. The molecule has 3 heteroatoms. The molecule has 1 atom stereocenters. The van der Waals surface area contributed by atoms with E-state index in [1.54, 1.807) is 12.1 Å². The maximum absolute atomic E-state index is 11.5. The minimum absolute atomic E-state index is 0.203. The number of aryl methyl sites for hydroxylation is 1. The molecule has 0 fully saturated rings. The van der Waals surface area contributed by atoms with Gasteiger partial charge in [-0.05, 0) is 42.5 Å². The molecule has 1 aromatic rings. The Labute approximate surface area is 88.7 Å². The monoisotopic (exact) mass is 206 g/mol. The molecule has 1 unspecified atom stereocenters. The van der Waals surface area contributed by atoms with E-state index in [-0.39, 0.29) is 17.6 Å². The van der Waals surface area contributed by atoms with Crippen LogP contribution < -0.4 is 0 Å². The van der Waals surface area contributed by atoms with Crippen molar-refractivity contribution in [3.63, 3.8) is 0 Å². The van der Waals surface area contributed by atoms with Gasteiger partial charge in [0.1, 0.15) is 5.75 Å². The van der Waals surface area contributed by atoms with Crippen LogP contribution in [0.25, 0.3) is 0 Å². The summed E-state index contributed by atoms with van der Waals surface area (Å²) in [5.74, 6) is -0.197. The number of phenols is 1. The lowest BCUT2D eigenvalue weighted by Crippen LogP contribution is -2.19. The van der Waals surface area contributed by atoms with Gasteiger partial charge in [0.2, 0.25) is 0 Å². The lowest BCUT2D eigenvalue weighted by molar-refractivity contribution is -0.142. The predicted molar refractivity (Wildman–Crippen MR) is 55.8 cm³/mol. The second-order valence-corrected chi connectivity index (χ2v) is 3.85. The second kappa shape index (κ2) is 3.93. The molecule has 1 aromatic carbocycles. The van der Waals surface area contributed by atoms with Crippen LogP contribution in [0.4, 0.5) is 0 Å². The summed E-state index contributed by atoms with van der Waals surface area (Å²) in [6, 6.07) is 5.23. The first-order valence-corrected chi connectivity index (χ1v) is 5.12. The van der Waals surface area contributed by atoms with Gasteiger partial charge in [-0.2, -0.15) is 0 Å². The molecule has 0 bridgehead atoms. The van der Waals surface area contributed by atoms with Crippen LogP contribution in [0.1, 0.15) is 29.9 Å². The molecule has 0 aliphatic heterocycles. The average molecular weight is 206 g/mol. The number of aromatic hydroxyl groups is 1. The highest BCUT2D eigenvalue weighted by molar-refractivity contribution is 5.79. The van der Waals surface area contributed by atoms with E-state index in [2.05, 4.69) is 0 Å². The number of methoxy groups -OCH3 is 1. The Morgan fingerprint density at radius 2 is 2.33 bits per heavy atom. The zero-order chi connectivity index (χ0) is 10.8. The maximum atomic E-state index is 11.5. The van der Waals surface area contributed by atoms with Crippen LogP contribution >= 0.6 is 0 Å². The molecule has 0 spiro atoms. The van der Waals surface area contributed by atoms with E-state index in [1.807, 2.05) is 6.07 Å². The van der Waals surface area contributed by atoms with Gasteiger partial charge in [-0.3, -0.25) is 4.79 Å². The van der Waals surface area contributed by atoms with Crippen molar-refractivity contribution in [2.45, 2.75) is 25.2 Å². The molecule has 0 amide bonds. The molecule has 3 nitrogen and oxygen atoms in total. The first kappa shape index (κ1) is 10.0. The van der Waals surface area contributed by atoms with Gasteiger partial charge in [0, 0.05) is 0 Å². The molecule has 1 N–H and O–H groups in total. The van der Waals surface area contributed by atoms with Crippen molar-refractivity contribution in [3.05, 3.63) is 29.3 Å². The fourth-order valence-corrected chi connectivity index (χ4v) is 2.17. The smallest absolute Gasteiger partial charge is 0.313 e. The topological polar surface area (TPSA) is 46.5 Å². The lowest BCUT2D eigenvalue weighted by Gasteiger charge is -2.23. The number of ether oxygens (including phenoxy) is 1. The third kappa shape index (κ3) is 1.82. The van der Waals surface area contributed by atoms with Crippen molar-refractivity contribution in [1.29, 1.82) is 0 Å². The fraction of sp³-hybridized carbons (Fsp3) is 0.417. The van der Waals surface area contributed by atoms with Crippen LogP contribution in [0, 0.1) is 0 Å². The Morgan fingerprint density at radius 1 is 1.53 bits per heavy atom. The third-order valence-corrected chi connectivity index (χ3v) is 2.93. The van der Waals surface area contributed by atoms with Crippen molar-refractivity contribution < 1.29 is 14.6 Å². The number of hydrogen-bond donors (Lipinski definition) is 1. The van der Waals surface area contributed by atoms with Crippen LogP contribution in [0.3, 0.4) is 0 Å². The van der Waals surface area contributed by atoms with Crippen LogP contribution in [0.15, 0.2) is 18.2 Å². The van der Waals surface area contributed by atoms with Gasteiger partial charge >= 0.3 is 5.97 Å². The van der Waals surface area contributed by atoms with E-state index in [0.717, 1.165) is 30.4 Å². The minimum atomic E-state index is -0.207. The fourth-order valence-electron chi connectivity index (χ4n) is 2.17. The van der Waals surface area contributed by atoms with Gasteiger partial charge in [-0.25, -0.2) is 0 Å². The Kier molecular flexibility index (Phi) is 2.62. The lowest BCUT2D eigenvalue weighted by atomic mass is 9.83. The van der Waals surface area contributed by atoms with E-state index in [4.69, 9.17) is 4.74 Å². The highest BCUT2D eigenvalue weighted by Crippen LogP contribution is 2.34. The Bertz CT molecular complexity index is 384. The summed E-state index contributed by atoms with van der Waals surface area (Å²) in [6.07, 6.45) is 2.78. The number of rotatable bonds is 1. The molecule has 1 aliphatic carbocycles. The molecule has 80 valence electrons. The first-order chi connectivity index (χ1) is 7.22. The largest absolute Gasteiger partial charge is 0.508 e. The van der Waals surface area contributed by atoms with Gasteiger partial charge in [0.25, 0.3) is 0 Å². The van der Waals surface area contributed by atoms with Gasteiger partial charge in [0.05, 0.1) is 13.0 Å². The third-order valence-electron chi connectivity index (χ3n) is 2.93. The number of esters is 1. The van der Waals surface area contributed by atoms with Crippen molar-refractivity contribution in [1.82, 2.24) is 0 Å². The van der Waals surface area contributed by atoms with E-state index < -0.39 is 0 Å². The Morgan fingerprint density at radius 3 is 3.07 bits per heavy atom. The zero-order valence-corrected chi connectivity index (χ0v) is 8.69. The summed E-state index contributed by atoms with van der Waals surface area (Å²) >= 11 is 0. The molecule has 0 heterocycles. The average Bonchev–Trinajstić information content (AvgIpc) is 2.27. The maximum Gasteiger partial charge on any atom is 0.313 e. The molecular formula is C12H14O3. The number of phenolic OH excluding ortho intramolecular Hbond substituents is 1. The SMILES string of the molecule is COC(=O)C1CCCc2ccc(O)cc21. The highest BCUT2D eigenvalue weighted by atomic mass is 16.5. The van der Waals surface area contributed by atoms with Crippen LogP contribution in [-0.2, 0) is 16.0 Å². The second-order valence-electron chi connectivity index (χ2n) is 3.85. The summed E-state index contributed by atoms with van der Waals surface area (Å²) in [5.41, 5.74) is 2.07. The van der Waals surface area contributed by atoms with Gasteiger partial charge in [-0.1, -0.05) is 6.07 Å². The van der Waals surface area contributed by atoms with Gasteiger partial charge in [-0.15, -0.1) is 0 Å². The molecule has 15 heavy (non-hydrogen) atoms. The van der Waals surface area contributed by atoms with E-state index in [0.29, 0.717) is 0 Å². The van der Waals surface area contributed by atoms with E-state index in [9.17, 15) is 9.90 Å². The molecule has 0 aromatic heterocycles. The number of carbonyl (C=O) groups is 1. The predicted octanol–water partition coefficient (Wildman–Crippen LogP) is 1.99. The quantitative estimate of drug-likeness (QED) is 0.715. The van der Waals surface area contributed by atoms with Crippen LogP contribution in [0.2, 0.25) is 0 Å². The normalized spacial score (nSPS) is 19.4. The standard InChI is InChI=1S/C12H14O3/c1-15-12(14)10-4-2-3-8-5-6-9(13)7-11(8)10/h5-7,10,13H,2-4H2,1H3. The molecule has 2 rings (SSSR count). The van der Waals surface area contributed by atoms with Gasteiger partial charge < -0.3 is 9.84 Å². The Hall–Kier alpha value is -1.51. The number of carbonyl (C=O) groups excluding carboxylic acids is 1. The van der Waals surface area contributed by atoms with Crippen molar-refractivity contribution in [3.8, 4) is 5.75 Å². The summed E-state index contributed by atoms with van der Waals surface area (Å²) in [7, 11) is 1.40. The summed E-state index contributed by atoms with van der Waals surface area (Å²) < 4.78 is 4.77. The summed E-state index contributed by atoms with van der Waals surface area (Å²) in [4.78, 5) is 11.5. The molecule has 0 saturated heterocycles. The highest BCUT2D eigenvalue weighted by Gasteiger charge is 2.27. The van der Waals surface area contributed by atoms with Crippen molar-refractivity contribution >= 4 is 5.97 Å². The van der Waals surface area contributed by atoms with E-state index in [1.165, 1.54) is 7.11 Å². The molecule has 0 saturated carbocycles. The molecular weight excluding hydrogens is 192 g/mol. The number of benzene rings is 1. The molecule has 1 aliphatic rings.